The van der Waals surface area contributed by atoms with E-state index in [1.54, 1.807) is 23.8 Å². The van der Waals surface area contributed by atoms with E-state index < -0.39 is 65.4 Å². The first-order chi connectivity index (χ1) is 23.7. The van der Waals surface area contributed by atoms with Crippen LogP contribution in [0.4, 0.5) is 0 Å². The van der Waals surface area contributed by atoms with Crippen LogP contribution in [0.2, 0.25) is 0 Å². The van der Waals surface area contributed by atoms with E-state index in [-0.39, 0.29) is 32.8 Å². The monoisotopic (exact) mass is 670 g/mol. The highest BCUT2D eigenvalue weighted by molar-refractivity contribution is 5.99. The summed E-state index contributed by atoms with van der Waals surface area (Å²) in [6.45, 7) is 8.86. The van der Waals surface area contributed by atoms with Crippen molar-refractivity contribution < 1.29 is 33.8 Å². The summed E-state index contributed by atoms with van der Waals surface area (Å²) >= 11 is 0. The summed E-state index contributed by atoms with van der Waals surface area (Å²) in [5.74, 6) is -3.52. The lowest BCUT2D eigenvalue weighted by Crippen LogP contribution is -2.58. The van der Waals surface area contributed by atoms with Gasteiger partial charge >= 0.3 is 5.97 Å². The van der Waals surface area contributed by atoms with Crippen molar-refractivity contribution in [1.82, 2.24) is 30.1 Å². The van der Waals surface area contributed by atoms with Crippen LogP contribution in [-0.4, -0.2) is 97.1 Å². The van der Waals surface area contributed by atoms with E-state index >= 15 is 0 Å². The number of fused-ring (bicyclic) bond motifs is 2. The zero-order valence-electron chi connectivity index (χ0n) is 27.5. The van der Waals surface area contributed by atoms with Crippen molar-refractivity contribution in [2.45, 2.75) is 69.1 Å². The van der Waals surface area contributed by atoms with Gasteiger partial charge in [0.25, 0.3) is 0 Å². The minimum absolute atomic E-state index is 0.0375. The fraction of sp³-hybridized carbons (Fsp3) is 0.444. The van der Waals surface area contributed by atoms with E-state index in [0.29, 0.717) is 24.8 Å². The number of esters is 1. The molecule has 4 heterocycles. The van der Waals surface area contributed by atoms with Gasteiger partial charge in [-0.25, -0.2) is 4.68 Å². The second-order valence-electron chi connectivity index (χ2n) is 12.9. The number of aliphatic hydroxyl groups is 1. The minimum atomic E-state index is -1.28. The standard InChI is InChI=1S/C36H42N6O7/c1-4-6-16-29(44)48-21-26(24-12-8-7-9-13-24)37-33(45)30-28-17-18-36(49-28)31(30)34(46)42(23(3)20-43)32(36)35(47)40(19-5-2)22-41-27-15-11-10-14-25(27)38-39-41/h4-5,7-15,23,26,28,30-32,43H,1-2,6,16-22H2,3H3,(H,37,45)/t23-,26-,28-,30+,31+,32-,36+/m1/s1. The van der Waals surface area contributed by atoms with Gasteiger partial charge in [0.15, 0.2) is 0 Å². The summed E-state index contributed by atoms with van der Waals surface area (Å²) in [6.07, 6.45) is 4.12. The number of carbonyl (C=O) groups excluding carboxylic acids is 4. The third-order valence-electron chi connectivity index (χ3n) is 9.88. The summed E-state index contributed by atoms with van der Waals surface area (Å²) in [5, 5.41) is 21.8. The molecule has 0 saturated carbocycles. The van der Waals surface area contributed by atoms with Crippen LogP contribution < -0.4 is 5.32 Å². The Labute approximate surface area is 284 Å². The molecule has 2 aromatic carbocycles. The molecule has 0 aliphatic carbocycles. The number of ether oxygens (including phenoxy) is 2. The molecule has 3 fully saturated rings. The first-order valence-electron chi connectivity index (χ1n) is 16.6. The number of nitrogens with zero attached hydrogens (tertiary/aromatic N) is 5. The van der Waals surface area contributed by atoms with E-state index in [2.05, 4.69) is 28.8 Å². The number of rotatable bonds is 15. The molecule has 6 rings (SSSR count). The van der Waals surface area contributed by atoms with Crippen LogP contribution in [0.5, 0.6) is 0 Å². The predicted octanol–water partition coefficient (Wildman–Crippen LogP) is 2.53. The topological polar surface area (TPSA) is 156 Å². The largest absolute Gasteiger partial charge is 0.463 e. The van der Waals surface area contributed by atoms with E-state index in [4.69, 9.17) is 9.47 Å². The van der Waals surface area contributed by atoms with Crippen molar-refractivity contribution in [1.29, 1.82) is 0 Å². The summed E-state index contributed by atoms with van der Waals surface area (Å²) in [7, 11) is 0. The van der Waals surface area contributed by atoms with Crippen LogP contribution in [0.15, 0.2) is 79.9 Å². The van der Waals surface area contributed by atoms with Crippen molar-refractivity contribution in [2.24, 2.45) is 11.8 Å². The van der Waals surface area contributed by atoms with Gasteiger partial charge in [-0.3, -0.25) is 19.2 Å². The van der Waals surface area contributed by atoms with Crippen molar-refractivity contribution in [3.8, 4) is 0 Å². The molecule has 3 aliphatic heterocycles. The second-order valence-corrected chi connectivity index (χ2v) is 12.9. The molecule has 49 heavy (non-hydrogen) atoms. The number of hydrogen-bond acceptors (Lipinski definition) is 9. The van der Waals surface area contributed by atoms with Gasteiger partial charge in [0.1, 0.15) is 30.4 Å². The van der Waals surface area contributed by atoms with Gasteiger partial charge in [0.05, 0.1) is 42.1 Å². The number of amides is 3. The average molecular weight is 671 g/mol. The molecule has 7 atom stereocenters. The maximum atomic E-state index is 14.7. The van der Waals surface area contributed by atoms with E-state index in [1.807, 2.05) is 54.6 Å². The van der Waals surface area contributed by atoms with Gasteiger partial charge in [0.2, 0.25) is 17.7 Å². The Kier molecular flexibility index (Phi) is 9.93. The quantitative estimate of drug-likeness (QED) is 0.183. The first kappa shape index (κ1) is 34.0. The van der Waals surface area contributed by atoms with Crippen LogP contribution in [0.25, 0.3) is 11.0 Å². The molecule has 13 heteroatoms. The molecule has 1 aromatic heterocycles. The summed E-state index contributed by atoms with van der Waals surface area (Å²) < 4.78 is 13.7. The second kappa shape index (κ2) is 14.3. The summed E-state index contributed by atoms with van der Waals surface area (Å²) in [6, 6.07) is 14.0. The molecule has 0 radical (unpaired) electrons. The Morgan fingerprint density at radius 1 is 1.16 bits per heavy atom. The molecule has 2 N–H and O–H groups in total. The van der Waals surface area contributed by atoms with Gasteiger partial charge in [-0.15, -0.1) is 18.3 Å². The number of likely N-dealkylation sites (tertiary alicyclic amines) is 1. The Morgan fingerprint density at radius 3 is 2.65 bits per heavy atom. The number of carbonyl (C=O) groups is 4. The number of benzene rings is 2. The molecule has 258 valence electrons. The fourth-order valence-electron chi connectivity index (χ4n) is 7.61. The molecule has 3 amide bonds. The number of aromatic nitrogens is 3. The van der Waals surface area contributed by atoms with Crippen LogP contribution in [-0.2, 0) is 35.3 Å². The average Bonchev–Trinajstić information content (AvgIpc) is 3.88. The summed E-state index contributed by atoms with van der Waals surface area (Å²) in [5.41, 5.74) is 0.851. The van der Waals surface area contributed by atoms with Gasteiger partial charge in [-0.2, -0.15) is 0 Å². The predicted molar refractivity (Wildman–Crippen MR) is 178 cm³/mol. The number of hydrogen-bond donors (Lipinski definition) is 2. The molecule has 3 aliphatic rings. The number of para-hydroxylation sites is 1. The third-order valence-corrected chi connectivity index (χ3v) is 9.88. The fourth-order valence-corrected chi connectivity index (χ4v) is 7.61. The lowest BCUT2D eigenvalue weighted by atomic mass is 9.70. The Balaban J connectivity index is 1.29. The normalized spacial score (nSPS) is 25.1. The Morgan fingerprint density at radius 2 is 1.92 bits per heavy atom. The Hall–Kier alpha value is -4.88. The van der Waals surface area contributed by atoms with Gasteiger partial charge < -0.3 is 29.7 Å². The minimum Gasteiger partial charge on any atom is -0.463 e. The lowest BCUT2D eigenvalue weighted by Gasteiger charge is -2.38. The highest BCUT2D eigenvalue weighted by atomic mass is 16.5. The number of allylic oxidation sites excluding steroid dienone is 1. The SMILES string of the molecule is C=CCCC(=O)OC[C@@H](NC(=O)[C@@H]1[C@H]2C(=O)N([C@H](C)CO)[C@H](C(=O)N(CC=C)Cn3nnc4ccccc43)[C@]23CC[C@H]1O3)c1ccccc1. The first-order valence-corrected chi connectivity index (χ1v) is 16.6. The third kappa shape index (κ3) is 6.24. The van der Waals surface area contributed by atoms with Crippen LogP contribution >= 0.6 is 0 Å². The highest BCUT2D eigenvalue weighted by Crippen LogP contribution is 2.59. The van der Waals surface area contributed by atoms with E-state index in [1.165, 1.54) is 9.80 Å². The molecule has 1 spiro atoms. The number of aliphatic hydroxyl groups excluding tert-OH is 1. The van der Waals surface area contributed by atoms with Crippen molar-refractivity contribution >= 4 is 34.7 Å². The zero-order valence-corrected chi connectivity index (χ0v) is 27.5. The van der Waals surface area contributed by atoms with Crippen molar-refractivity contribution in [2.75, 3.05) is 19.8 Å². The van der Waals surface area contributed by atoms with E-state index in [9.17, 15) is 24.3 Å². The molecule has 13 nitrogen and oxygen atoms in total. The molecule has 3 saturated heterocycles. The zero-order chi connectivity index (χ0) is 34.7. The van der Waals surface area contributed by atoms with Crippen LogP contribution in [0, 0.1) is 11.8 Å². The molecule has 0 unspecified atom stereocenters. The molecular formula is C36H42N6O7. The Bertz CT molecular complexity index is 1730. The van der Waals surface area contributed by atoms with Gasteiger partial charge in [-0.1, -0.05) is 59.8 Å². The van der Waals surface area contributed by atoms with E-state index in [0.717, 1.165) is 11.1 Å². The van der Waals surface area contributed by atoms with Crippen LogP contribution in [0.1, 0.15) is 44.2 Å². The molecule has 2 bridgehead atoms. The van der Waals surface area contributed by atoms with Crippen LogP contribution in [0.3, 0.4) is 0 Å². The number of nitrogens with one attached hydrogen (secondary N) is 1. The van der Waals surface area contributed by atoms with Crippen molar-refractivity contribution in [3.05, 3.63) is 85.5 Å². The van der Waals surface area contributed by atoms with Gasteiger partial charge in [-0.05, 0) is 43.9 Å². The maximum Gasteiger partial charge on any atom is 0.306 e. The molecular weight excluding hydrogens is 628 g/mol. The van der Waals surface area contributed by atoms with Crippen molar-refractivity contribution in [3.63, 3.8) is 0 Å². The lowest BCUT2D eigenvalue weighted by molar-refractivity contribution is -0.152. The maximum absolute atomic E-state index is 14.7. The highest BCUT2D eigenvalue weighted by Gasteiger charge is 2.75. The summed E-state index contributed by atoms with van der Waals surface area (Å²) in [4.78, 5) is 58.6. The van der Waals surface area contributed by atoms with Gasteiger partial charge in [0, 0.05) is 13.0 Å². The smallest absolute Gasteiger partial charge is 0.306 e. The molecule has 3 aromatic rings.